The van der Waals surface area contributed by atoms with Crippen LogP contribution in [0, 0.1) is 5.92 Å². The number of hydrogen-bond acceptors (Lipinski definition) is 5. The first-order valence-corrected chi connectivity index (χ1v) is 9.44. The normalized spacial score (nSPS) is 15.4. The molecule has 1 aliphatic heterocycles. The van der Waals surface area contributed by atoms with E-state index in [1.807, 2.05) is 18.2 Å². The second kappa shape index (κ2) is 10.6. The molecule has 0 aliphatic carbocycles. The lowest BCUT2D eigenvalue weighted by Crippen LogP contribution is -2.46. The van der Waals surface area contributed by atoms with E-state index in [1.165, 1.54) is 7.11 Å². The molecule has 1 aromatic carbocycles. The Morgan fingerprint density at radius 3 is 2.56 bits per heavy atom. The highest BCUT2D eigenvalue weighted by Gasteiger charge is 2.26. The molecular formula is C20H31N3O4. The van der Waals surface area contributed by atoms with Crippen molar-refractivity contribution in [3.8, 4) is 11.5 Å². The van der Waals surface area contributed by atoms with E-state index in [4.69, 9.17) is 19.2 Å². The molecule has 27 heavy (non-hydrogen) atoms. The van der Waals surface area contributed by atoms with Gasteiger partial charge in [0.1, 0.15) is 11.5 Å². The van der Waals surface area contributed by atoms with E-state index in [2.05, 4.69) is 17.1 Å². The molecule has 0 radical (unpaired) electrons. The molecule has 1 heterocycles. The van der Waals surface area contributed by atoms with Crippen LogP contribution in [-0.4, -0.2) is 64.3 Å². The number of likely N-dealkylation sites (tertiary alicyclic amines) is 1. The fourth-order valence-electron chi connectivity index (χ4n) is 3.28. The maximum Gasteiger partial charge on any atom is 0.308 e. The molecule has 1 aliphatic rings. The molecule has 0 bridgehead atoms. The number of nitrogens with one attached hydrogen (secondary N) is 1. The van der Waals surface area contributed by atoms with Gasteiger partial charge >= 0.3 is 5.97 Å². The van der Waals surface area contributed by atoms with Crippen molar-refractivity contribution in [3.05, 3.63) is 23.8 Å². The molecule has 1 fully saturated rings. The molecule has 0 aromatic heterocycles. The van der Waals surface area contributed by atoms with Crippen molar-refractivity contribution >= 4 is 11.9 Å². The Morgan fingerprint density at radius 2 is 1.96 bits per heavy atom. The minimum absolute atomic E-state index is 0.00447. The molecule has 1 aromatic rings. The quantitative estimate of drug-likeness (QED) is 0.446. The van der Waals surface area contributed by atoms with Gasteiger partial charge in [-0.05, 0) is 49.9 Å². The maximum atomic E-state index is 11.7. The number of aliphatic imine (C=N–C) groups is 1. The topological polar surface area (TPSA) is 72.4 Å². The summed E-state index contributed by atoms with van der Waals surface area (Å²) >= 11 is 0. The third-order valence-corrected chi connectivity index (χ3v) is 4.79. The summed E-state index contributed by atoms with van der Waals surface area (Å²) in [5.74, 6) is 2.43. The van der Waals surface area contributed by atoms with Crippen LogP contribution in [0.1, 0.15) is 25.3 Å². The Bertz CT molecular complexity index is 640. The van der Waals surface area contributed by atoms with Crippen molar-refractivity contribution in [3.63, 3.8) is 0 Å². The number of carbonyl (C=O) groups is 1. The van der Waals surface area contributed by atoms with Gasteiger partial charge in [-0.1, -0.05) is 0 Å². The summed E-state index contributed by atoms with van der Waals surface area (Å²) in [6, 6.07) is 5.80. The van der Waals surface area contributed by atoms with Gasteiger partial charge in [0.25, 0.3) is 0 Å². The second-order valence-electron chi connectivity index (χ2n) is 6.45. The van der Waals surface area contributed by atoms with Gasteiger partial charge in [0.05, 0.1) is 27.2 Å². The highest BCUT2D eigenvalue weighted by atomic mass is 16.5. The van der Waals surface area contributed by atoms with Crippen LogP contribution < -0.4 is 14.8 Å². The molecule has 0 unspecified atom stereocenters. The molecule has 0 spiro atoms. The van der Waals surface area contributed by atoms with Gasteiger partial charge in [-0.25, -0.2) is 0 Å². The number of rotatable bonds is 7. The summed E-state index contributed by atoms with van der Waals surface area (Å²) in [6.45, 7) is 5.10. The number of guanidine groups is 1. The molecule has 2 rings (SSSR count). The highest BCUT2D eigenvalue weighted by molar-refractivity contribution is 5.80. The van der Waals surface area contributed by atoms with Crippen LogP contribution >= 0.6 is 0 Å². The highest BCUT2D eigenvalue weighted by Crippen LogP contribution is 2.24. The predicted octanol–water partition coefficient (Wildman–Crippen LogP) is 2.10. The summed E-state index contributed by atoms with van der Waals surface area (Å²) < 4.78 is 15.6. The molecule has 7 heteroatoms. The molecule has 7 nitrogen and oxygen atoms in total. The van der Waals surface area contributed by atoms with Crippen molar-refractivity contribution < 1.29 is 19.0 Å². The summed E-state index contributed by atoms with van der Waals surface area (Å²) in [4.78, 5) is 18.7. The van der Waals surface area contributed by atoms with Crippen LogP contribution in [0.25, 0.3) is 0 Å². The molecule has 0 amide bonds. The van der Waals surface area contributed by atoms with Gasteiger partial charge in [-0.2, -0.15) is 0 Å². The monoisotopic (exact) mass is 377 g/mol. The van der Waals surface area contributed by atoms with Gasteiger partial charge in [0.2, 0.25) is 0 Å². The Kier molecular flexibility index (Phi) is 8.23. The number of nitrogens with zero attached hydrogens (tertiary/aromatic N) is 2. The zero-order chi connectivity index (χ0) is 19.6. The zero-order valence-electron chi connectivity index (χ0n) is 16.8. The molecule has 1 N–H and O–H groups in total. The molecular weight excluding hydrogens is 346 g/mol. The lowest BCUT2D eigenvalue weighted by molar-refractivity contribution is -0.146. The Morgan fingerprint density at radius 1 is 1.22 bits per heavy atom. The first-order valence-electron chi connectivity index (χ1n) is 9.44. The summed E-state index contributed by atoms with van der Waals surface area (Å²) in [5.41, 5.74) is 1.07. The van der Waals surface area contributed by atoms with E-state index in [9.17, 15) is 4.79 Å². The minimum Gasteiger partial charge on any atom is -0.497 e. The Labute approximate surface area is 161 Å². The minimum atomic E-state index is -0.110. The molecule has 0 atom stereocenters. The van der Waals surface area contributed by atoms with E-state index in [0.717, 1.165) is 61.9 Å². The Balaban J connectivity index is 1.99. The van der Waals surface area contributed by atoms with Gasteiger partial charge in [-0.3, -0.25) is 9.79 Å². The third kappa shape index (κ3) is 5.77. The van der Waals surface area contributed by atoms with Crippen LogP contribution in [-0.2, 0) is 16.0 Å². The molecule has 150 valence electrons. The van der Waals surface area contributed by atoms with Gasteiger partial charge in [0.15, 0.2) is 5.96 Å². The number of hydrogen-bond donors (Lipinski definition) is 1. The van der Waals surface area contributed by atoms with Crippen molar-refractivity contribution in [2.24, 2.45) is 10.9 Å². The number of methoxy groups -OCH3 is 3. The number of benzene rings is 1. The van der Waals surface area contributed by atoms with Crippen LogP contribution in [0.2, 0.25) is 0 Å². The van der Waals surface area contributed by atoms with E-state index in [0.29, 0.717) is 6.54 Å². The number of ether oxygens (including phenoxy) is 3. The van der Waals surface area contributed by atoms with Crippen LogP contribution in [0.15, 0.2) is 23.2 Å². The molecule has 1 saturated heterocycles. The zero-order valence-corrected chi connectivity index (χ0v) is 16.8. The smallest absolute Gasteiger partial charge is 0.308 e. The van der Waals surface area contributed by atoms with Crippen molar-refractivity contribution in [2.45, 2.75) is 26.2 Å². The fraction of sp³-hybridized carbons (Fsp3) is 0.600. The number of piperidine rings is 1. The predicted molar refractivity (Wildman–Crippen MR) is 106 cm³/mol. The van der Waals surface area contributed by atoms with E-state index < -0.39 is 0 Å². The average Bonchev–Trinajstić information content (AvgIpc) is 2.72. The largest absolute Gasteiger partial charge is 0.497 e. The first-order chi connectivity index (χ1) is 13.1. The van der Waals surface area contributed by atoms with E-state index in [-0.39, 0.29) is 11.9 Å². The maximum absolute atomic E-state index is 11.7. The standard InChI is InChI=1S/C20H31N3O4/c1-5-21-20(23-12-9-15(10-13-23)19(24)27-4)22-11-8-16-14-17(25-2)6-7-18(16)26-3/h6-7,14-15H,5,8-13H2,1-4H3,(H,21,22). The number of esters is 1. The fourth-order valence-corrected chi connectivity index (χ4v) is 3.28. The SMILES string of the molecule is CCNC(=NCCc1cc(OC)ccc1OC)N1CCC(C(=O)OC)CC1. The Hall–Kier alpha value is -2.44. The number of carbonyl (C=O) groups excluding carboxylic acids is 1. The van der Waals surface area contributed by atoms with Crippen LogP contribution in [0.3, 0.4) is 0 Å². The van der Waals surface area contributed by atoms with E-state index >= 15 is 0 Å². The average molecular weight is 377 g/mol. The summed E-state index contributed by atoms with van der Waals surface area (Å²) in [5, 5.41) is 3.35. The second-order valence-corrected chi connectivity index (χ2v) is 6.45. The van der Waals surface area contributed by atoms with Gasteiger partial charge in [0, 0.05) is 26.2 Å². The van der Waals surface area contributed by atoms with Crippen molar-refractivity contribution in [1.29, 1.82) is 0 Å². The third-order valence-electron chi connectivity index (χ3n) is 4.79. The first kappa shape index (κ1) is 20.9. The van der Waals surface area contributed by atoms with Crippen LogP contribution in [0.5, 0.6) is 11.5 Å². The lowest BCUT2D eigenvalue weighted by atomic mass is 9.97. The lowest BCUT2D eigenvalue weighted by Gasteiger charge is -2.33. The van der Waals surface area contributed by atoms with Crippen molar-refractivity contribution in [2.75, 3.05) is 47.5 Å². The molecule has 0 saturated carbocycles. The summed E-state index contributed by atoms with van der Waals surface area (Å²) in [6.07, 6.45) is 2.34. The van der Waals surface area contributed by atoms with Crippen molar-refractivity contribution in [1.82, 2.24) is 10.2 Å². The van der Waals surface area contributed by atoms with Gasteiger partial charge in [-0.15, -0.1) is 0 Å². The summed E-state index contributed by atoms with van der Waals surface area (Å²) in [7, 11) is 4.78. The van der Waals surface area contributed by atoms with Gasteiger partial charge < -0.3 is 24.4 Å². The van der Waals surface area contributed by atoms with E-state index in [1.54, 1.807) is 14.2 Å². The van der Waals surface area contributed by atoms with Crippen LogP contribution in [0.4, 0.5) is 0 Å².